The molecule has 0 bridgehead atoms. The van der Waals surface area contributed by atoms with Crippen LogP contribution in [0.15, 0.2) is 71.6 Å². The summed E-state index contributed by atoms with van der Waals surface area (Å²) in [4.78, 5) is 38.9. The van der Waals surface area contributed by atoms with Crippen LogP contribution in [0.5, 0.6) is 17.2 Å². The lowest BCUT2D eigenvalue weighted by molar-refractivity contribution is -0.123. The van der Waals surface area contributed by atoms with Gasteiger partial charge in [-0.25, -0.2) is 0 Å². The number of nitrogens with one attached hydrogen (secondary N) is 1. The molecule has 1 fully saturated rings. The van der Waals surface area contributed by atoms with Crippen molar-refractivity contribution in [3.63, 3.8) is 0 Å². The van der Waals surface area contributed by atoms with Gasteiger partial charge in [-0.3, -0.25) is 19.3 Å². The number of carbonyl (C=O) groups is 3. The molecule has 196 valence electrons. The van der Waals surface area contributed by atoms with Crippen molar-refractivity contribution in [2.75, 3.05) is 32.2 Å². The van der Waals surface area contributed by atoms with E-state index in [1.165, 1.54) is 7.11 Å². The smallest absolute Gasteiger partial charge is 0.293 e. The Balaban J connectivity index is 1.39. The fourth-order valence-corrected chi connectivity index (χ4v) is 4.71. The molecule has 38 heavy (non-hydrogen) atoms. The summed E-state index contributed by atoms with van der Waals surface area (Å²) in [5, 5.41) is 3.08. The second kappa shape index (κ2) is 12.7. The number of hydrogen-bond donors (Lipinski definition) is 1. The van der Waals surface area contributed by atoms with E-state index in [2.05, 4.69) is 5.32 Å². The van der Waals surface area contributed by atoms with Gasteiger partial charge in [0.2, 0.25) is 0 Å². The monoisotopic (exact) mass is 572 g/mol. The number of imide groups is 1. The lowest BCUT2D eigenvalue weighted by atomic mass is 10.1. The van der Waals surface area contributed by atoms with Crippen LogP contribution >= 0.6 is 35.0 Å². The van der Waals surface area contributed by atoms with E-state index in [4.69, 9.17) is 37.4 Å². The van der Waals surface area contributed by atoms with Gasteiger partial charge in [-0.05, 0) is 71.9 Å². The van der Waals surface area contributed by atoms with Crippen LogP contribution in [-0.4, -0.2) is 48.8 Å². The number of anilines is 1. The largest absolute Gasteiger partial charge is 0.493 e. The van der Waals surface area contributed by atoms with Gasteiger partial charge in [-0.2, -0.15) is 0 Å². The normalized spacial score (nSPS) is 14.1. The standard InChI is InChI=1S/C27H22Cl2N2O6S/c1-35-22-14-17(13-21(29)25(22)37-16-24(32)30-19-5-3-2-4-6-19)15-23-26(33)31(27(34)38-23)11-12-36-20-9-7-18(28)8-10-20/h2-10,13-15H,11-12,16H2,1H3,(H,30,32)/b23-15-. The van der Waals surface area contributed by atoms with Gasteiger partial charge in [-0.1, -0.05) is 41.4 Å². The van der Waals surface area contributed by atoms with Crippen LogP contribution in [0.25, 0.3) is 6.08 Å². The molecular formula is C27H22Cl2N2O6S. The number of benzene rings is 3. The second-order valence-corrected chi connectivity index (χ2v) is 9.71. The van der Waals surface area contributed by atoms with Crippen LogP contribution < -0.4 is 19.5 Å². The number of methoxy groups -OCH3 is 1. The summed E-state index contributed by atoms with van der Waals surface area (Å²) in [6, 6.07) is 18.9. The predicted octanol–water partition coefficient (Wildman–Crippen LogP) is 6.13. The second-order valence-electron chi connectivity index (χ2n) is 7.87. The molecule has 4 rings (SSSR count). The van der Waals surface area contributed by atoms with Crippen LogP contribution in [0, 0.1) is 0 Å². The zero-order valence-electron chi connectivity index (χ0n) is 20.1. The molecule has 0 aromatic heterocycles. The quantitative estimate of drug-likeness (QED) is 0.292. The number of carbonyl (C=O) groups excluding carboxylic acids is 3. The SMILES string of the molecule is COc1cc(/C=C2\SC(=O)N(CCOc3ccc(Cl)cc3)C2=O)cc(Cl)c1OCC(=O)Nc1ccccc1. The number of hydrogen-bond acceptors (Lipinski definition) is 7. The van der Waals surface area contributed by atoms with Crippen LogP contribution in [-0.2, 0) is 9.59 Å². The van der Waals surface area contributed by atoms with Gasteiger partial charge in [0.1, 0.15) is 12.4 Å². The highest BCUT2D eigenvalue weighted by molar-refractivity contribution is 8.18. The van der Waals surface area contributed by atoms with E-state index in [0.717, 1.165) is 16.7 Å². The average molecular weight is 573 g/mol. The van der Waals surface area contributed by atoms with Crippen molar-refractivity contribution in [3.8, 4) is 17.2 Å². The van der Waals surface area contributed by atoms with Gasteiger partial charge in [0.15, 0.2) is 18.1 Å². The van der Waals surface area contributed by atoms with Crippen molar-refractivity contribution in [1.29, 1.82) is 0 Å². The Bertz CT molecular complexity index is 1370. The van der Waals surface area contributed by atoms with E-state index < -0.39 is 11.1 Å². The Morgan fingerprint density at radius 1 is 1.03 bits per heavy atom. The Kier molecular flexibility index (Phi) is 9.17. The summed E-state index contributed by atoms with van der Waals surface area (Å²) in [6.07, 6.45) is 1.55. The Hall–Kier alpha value is -3.66. The Labute approximate surface area is 233 Å². The molecule has 1 aliphatic heterocycles. The molecule has 1 N–H and O–H groups in total. The van der Waals surface area contributed by atoms with Gasteiger partial charge in [-0.15, -0.1) is 0 Å². The summed E-state index contributed by atoms with van der Waals surface area (Å²) in [6.45, 7) is -0.0652. The minimum Gasteiger partial charge on any atom is -0.493 e. The molecule has 0 unspecified atom stereocenters. The predicted molar refractivity (Wildman–Crippen MR) is 148 cm³/mol. The Morgan fingerprint density at radius 2 is 1.76 bits per heavy atom. The summed E-state index contributed by atoms with van der Waals surface area (Å²) in [5.74, 6) is 0.229. The van der Waals surface area contributed by atoms with E-state index in [1.807, 2.05) is 6.07 Å². The van der Waals surface area contributed by atoms with Gasteiger partial charge in [0.25, 0.3) is 17.1 Å². The highest BCUT2D eigenvalue weighted by Crippen LogP contribution is 2.39. The van der Waals surface area contributed by atoms with E-state index in [9.17, 15) is 14.4 Å². The van der Waals surface area contributed by atoms with Gasteiger partial charge in [0, 0.05) is 10.7 Å². The third kappa shape index (κ3) is 7.00. The van der Waals surface area contributed by atoms with Gasteiger partial charge < -0.3 is 19.5 Å². The first kappa shape index (κ1) is 27.4. The van der Waals surface area contributed by atoms with E-state index in [-0.39, 0.29) is 47.1 Å². The zero-order valence-corrected chi connectivity index (χ0v) is 22.4. The molecule has 3 aromatic carbocycles. The third-order valence-electron chi connectivity index (χ3n) is 5.23. The van der Waals surface area contributed by atoms with Crippen molar-refractivity contribution in [2.45, 2.75) is 0 Å². The highest BCUT2D eigenvalue weighted by atomic mass is 35.5. The zero-order chi connectivity index (χ0) is 27.1. The van der Waals surface area contributed by atoms with Crippen LogP contribution in [0.4, 0.5) is 10.5 Å². The first-order valence-corrected chi connectivity index (χ1v) is 12.9. The van der Waals surface area contributed by atoms with E-state index >= 15 is 0 Å². The molecule has 0 spiro atoms. The van der Waals surface area contributed by atoms with Crippen LogP contribution in [0.2, 0.25) is 10.0 Å². The van der Waals surface area contributed by atoms with Crippen molar-refractivity contribution in [3.05, 3.63) is 87.2 Å². The lowest BCUT2D eigenvalue weighted by Crippen LogP contribution is -2.32. The molecule has 8 nitrogen and oxygen atoms in total. The van der Waals surface area contributed by atoms with Gasteiger partial charge in [0.05, 0.1) is 23.6 Å². The number of halogens is 2. The minimum atomic E-state index is -0.437. The lowest BCUT2D eigenvalue weighted by Gasteiger charge is -2.14. The highest BCUT2D eigenvalue weighted by Gasteiger charge is 2.35. The fourth-order valence-electron chi connectivity index (χ4n) is 3.45. The molecule has 0 saturated carbocycles. The molecule has 3 aromatic rings. The van der Waals surface area contributed by atoms with Gasteiger partial charge >= 0.3 is 0 Å². The number of nitrogens with zero attached hydrogens (tertiary/aromatic N) is 1. The van der Waals surface area contributed by atoms with Crippen molar-refractivity contribution in [2.24, 2.45) is 0 Å². The number of amides is 3. The molecule has 0 radical (unpaired) electrons. The summed E-state index contributed by atoms with van der Waals surface area (Å²) in [5.41, 5.74) is 1.16. The number of rotatable bonds is 10. The van der Waals surface area contributed by atoms with Crippen molar-refractivity contribution in [1.82, 2.24) is 4.90 Å². The topological polar surface area (TPSA) is 94.2 Å². The first-order chi connectivity index (χ1) is 18.3. The molecular weight excluding hydrogens is 551 g/mol. The Morgan fingerprint density at radius 3 is 2.47 bits per heavy atom. The molecule has 1 aliphatic rings. The van der Waals surface area contributed by atoms with Crippen LogP contribution in [0.1, 0.15) is 5.56 Å². The maximum atomic E-state index is 12.9. The molecule has 1 heterocycles. The minimum absolute atomic E-state index is 0.0898. The van der Waals surface area contributed by atoms with Crippen molar-refractivity contribution < 1.29 is 28.6 Å². The maximum absolute atomic E-state index is 12.9. The number of thioether (sulfide) groups is 1. The summed E-state index contributed by atoms with van der Waals surface area (Å²) in [7, 11) is 1.43. The number of para-hydroxylation sites is 1. The van der Waals surface area contributed by atoms with Crippen LogP contribution in [0.3, 0.4) is 0 Å². The molecule has 0 aliphatic carbocycles. The van der Waals surface area contributed by atoms with E-state index in [0.29, 0.717) is 22.0 Å². The maximum Gasteiger partial charge on any atom is 0.293 e. The number of ether oxygens (including phenoxy) is 3. The molecule has 3 amide bonds. The average Bonchev–Trinajstić information content (AvgIpc) is 3.16. The van der Waals surface area contributed by atoms with Crippen molar-refractivity contribution >= 4 is 63.8 Å². The molecule has 1 saturated heterocycles. The fraction of sp³-hybridized carbons (Fsp3) is 0.148. The third-order valence-corrected chi connectivity index (χ3v) is 6.67. The van der Waals surface area contributed by atoms with E-state index in [1.54, 1.807) is 66.7 Å². The molecule has 11 heteroatoms. The molecule has 0 atom stereocenters. The summed E-state index contributed by atoms with van der Waals surface area (Å²) < 4.78 is 16.6. The first-order valence-electron chi connectivity index (χ1n) is 11.3. The summed E-state index contributed by atoms with van der Waals surface area (Å²) >= 11 is 13.1.